The fourth-order valence-corrected chi connectivity index (χ4v) is 3.01. The summed E-state index contributed by atoms with van der Waals surface area (Å²) in [5, 5.41) is 3.03. The molecule has 2 atom stereocenters. The van der Waals surface area contributed by atoms with Crippen LogP contribution in [0, 0.1) is 5.92 Å². The number of hydrogen-bond donors (Lipinski definition) is 1. The Morgan fingerprint density at radius 1 is 1.30 bits per heavy atom. The Morgan fingerprint density at radius 3 is 2.61 bits per heavy atom. The highest BCUT2D eigenvalue weighted by Gasteiger charge is 2.26. The fourth-order valence-electron chi connectivity index (χ4n) is 3.01. The molecule has 1 heterocycles. The molecule has 0 radical (unpaired) electrons. The van der Waals surface area contributed by atoms with Gasteiger partial charge in [0.2, 0.25) is 5.91 Å². The van der Waals surface area contributed by atoms with E-state index in [1.807, 2.05) is 32.0 Å². The fraction of sp³-hybridized carbons (Fsp3) is 0.611. The lowest BCUT2D eigenvalue weighted by molar-refractivity contribution is -0.124. The average Bonchev–Trinajstić information content (AvgIpc) is 3.06. The lowest BCUT2D eigenvalue weighted by atomic mass is 9.87. The monoisotopic (exact) mass is 321 g/mol. The number of amides is 1. The van der Waals surface area contributed by atoms with E-state index < -0.39 is 0 Å². The second-order valence-electron chi connectivity index (χ2n) is 6.22. The van der Waals surface area contributed by atoms with Gasteiger partial charge in [0.15, 0.2) is 11.5 Å². The maximum Gasteiger partial charge on any atom is 0.227 e. The van der Waals surface area contributed by atoms with Gasteiger partial charge in [0.25, 0.3) is 0 Å². The van der Waals surface area contributed by atoms with Gasteiger partial charge >= 0.3 is 0 Å². The highest BCUT2D eigenvalue weighted by molar-refractivity contribution is 5.84. The van der Waals surface area contributed by atoms with Crippen molar-refractivity contribution in [3.63, 3.8) is 0 Å². The molecular formula is C18H27NO4. The van der Waals surface area contributed by atoms with Gasteiger partial charge in [-0.2, -0.15) is 0 Å². The van der Waals surface area contributed by atoms with Gasteiger partial charge in [-0.3, -0.25) is 4.79 Å². The summed E-state index contributed by atoms with van der Waals surface area (Å²) in [5.74, 6) is 1.29. The summed E-state index contributed by atoms with van der Waals surface area (Å²) < 4.78 is 16.2. The standard InChI is InChI=1S/C18H27NO4/c1-12(2)17(18(20)19-11-14-6-5-9-23-14)13-7-8-15(21-3)16(10-13)22-4/h7-8,10,12,14,17H,5-6,9,11H2,1-4H3,(H,19,20). The molecule has 1 saturated heterocycles. The van der Waals surface area contributed by atoms with E-state index in [2.05, 4.69) is 5.32 Å². The van der Waals surface area contributed by atoms with Gasteiger partial charge in [-0.25, -0.2) is 0 Å². The molecule has 2 unspecified atom stereocenters. The molecule has 0 aliphatic carbocycles. The van der Waals surface area contributed by atoms with E-state index in [0.717, 1.165) is 25.0 Å². The van der Waals surface area contributed by atoms with Crippen molar-refractivity contribution in [2.45, 2.75) is 38.7 Å². The summed E-state index contributed by atoms with van der Waals surface area (Å²) in [6.07, 6.45) is 2.24. The zero-order valence-corrected chi connectivity index (χ0v) is 14.4. The van der Waals surface area contributed by atoms with Crippen molar-refractivity contribution in [3.8, 4) is 11.5 Å². The van der Waals surface area contributed by atoms with Crippen LogP contribution < -0.4 is 14.8 Å². The first-order chi connectivity index (χ1) is 11.1. The van der Waals surface area contributed by atoms with Crippen molar-refractivity contribution in [2.24, 2.45) is 5.92 Å². The highest BCUT2D eigenvalue weighted by Crippen LogP contribution is 2.33. The van der Waals surface area contributed by atoms with Gasteiger partial charge in [-0.05, 0) is 36.5 Å². The van der Waals surface area contributed by atoms with Crippen LogP contribution in [-0.2, 0) is 9.53 Å². The maximum atomic E-state index is 12.7. The topological polar surface area (TPSA) is 56.8 Å². The third-order valence-electron chi connectivity index (χ3n) is 4.24. The molecule has 0 spiro atoms. The van der Waals surface area contributed by atoms with E-state index >= 15 is 0 Å². The molecule has 1 aliphatic heterocycles. The smallest absolute Gasteiger partial charge is 0.227 e. The molecule has 0 saturated carbocycles. The number of benzene rings is 1. The summed E-state index contributed by atoms with van der Waals surface area (Å²) in [7, 11) is 3.20. The van der Waals surface area contributed by atoms with Gasteiger partial charge < -0.3 is 19.5 Å². The van der Waals surface area contributed by atoms with Crippen molar-refractivity contribution in [1.82, 2.24) is 5.32 Å². The van der Waals surface area contributed by atoms with Crippen LogP contribution in [0.1, 0.15) is 38.2 Å². The van der Waals surface area contributed by atoms with Gasteiger partial charge in [0.1, 0.15) is 0 Å². The van der Waals surface area contributed by atoms with Crippen molar-refractivity contribution >= 4 is 5.91 Å². The first kappa shape index (κ1) is 17.6. The molecule has 2 rings (SSSR count). The zero-order chi connectivity index (χ0) is 16.8. The van der Waals surface area contributed by atoms with Crippen LogP contribution in [0.5, 0.6) is 11.5 Å². The number of methoxy groups -OCH3 is 2. The molecule has 0 aromatic heterocycles. The lowest BCUT2D eigenvalue weighted by Crippen LogP contribution is -2.37. The van der Waals surface area contributed by atoms with Crippen LogP contribution in [0.25, 0.3) is 0 Å². The quantitative estimate of drug-likeness (QED) is 0.839. The summed E-state index contributed by atoms with van der Waals surface area (Å²) >= 11 is 0. The summed E-state index contributed by atoms with van der Waals surface area (Å²) in [4.78, 5) is 12.7. The van der Waals surface area contributed by atoms with Crippen LogP contribution in [0.3, 0.4) is 0 Å². The normalized spacial score (nSPS) is 18.7. The highest BCUT2D eigenvalue weighted by atomic mass is 16.5. The number of nitrogens with one attached hydrogen (secondary N) is 1. The zero-order valence-electron chi connectivity index (χ0n) is 14.4. The molecule has 1 fully saturated rings. The molecule has 23 heavy (non-hydrogen) atoms. The van der Waals surface area contributed by atoms with Crippen LogP contribution >= 0.6 is 0 Å². The minimum absolute atomic E-state index is 0.0303. The van der Waals surface area contributed by atoms with Gasteiger partial charge in [0.05, 0.1) is 26.2 Å². The van der Waals surface area contributed by atoms with Gasteiger partial charge in [-0.1, -0.05) is 19.9 Å². The average molecular weight is 321 g/mol. The van der Waals surface area contributed by atoms with Crippen LogP contribution in [0.2, 0.25) is 0 Å². The third-order valence-corrected chi connectivity index (χ3v) is 4.24. The molecule has 0 bridgehead atoms. The maximum absolute atomic E-state index is 12.7. The lowest BCUT2D eigenvalue weighted by Gasteiger charge is -2.22. The van der Waals surface area contributed by atoms with Crippen molar-refractivity contribution in [2.75, 3.05) is 27.4 Å². The first-order valence-electron chi connectivity index (χ1n) is 8.18. The number of hydrogen-bond acceptors (Lipinski definition) is 4. The largest absolute Gasteiger partial charge is 0.493 e. The van der Waals surface area contributed by atoms with E-state index in [9.17, 15) is 4.79 Å². The van der Waals surface area contributed by atoms with Crippen LogP contribution in [0.15, 0.2) is 18.2 Å². The molecule has 5 nitrogen and oxygen atoms in total. The Bertz CT molecular complexity index is 524. The molecule has 5 heteroatoms. The van der Waals surface area contributed by atoms with Crippen LogP contribution in [0.4, 0.5) is 0 Å². The number of carbonyl (C=O) groups is 1. The molecule has 1 N–H and O–H groups in total. The summed E-state index contributed by atoms with van der Waals surface area (Å²) in [6, 6.07) is 5.66. The predicted molar refractivity (Wildman–Crippen MR) is 89.1 cm³/mol. The van der Waals surface area contributed by atoms with E-state index in [0.29, 0.717) is 18.0 Å². The second kappa shape index (κ2) is 8.20. The molecule has 1 aromatic carbocycles. The van der Waals surface area contributed by atoms with Gasteiger partial charge in [-0.15, -0.1) is 0 Å². The minimum atomic E-state index is -0.226. The summed E-state index contributed by atoms with van der Waals surface area (Å²) in [5.41, 5.74) is 0.933. The van der Waals surface area contributed by atoms with Crippen molar-refractivity contribution < 1.29 is 19.0 Å². The minimum Gasteiger partial charge on any atom is -0.493 e. The van der Waals surface area contributed by atoms with E-state index in [1.54, 1.807) is 14.2 Å². The van der Waals surface area contributed by atoms with Crippen molar-refractivity contribution in [3.05, 3.63) is 23.8 Å². The van der Waals surface area contributed by atoms with Crippen molar-refractivity contribution in [1.29, 1.82) is 0 Å². The first-order valence-corrected chi connectivity index (χ1v) is 8.18. The Hall–Kier alpha value is -1.75. The number of ether oxygens (including phenoxy) is 3. The molecule has 1 aromatic rings. The number of carbonyl (C=O) groups excluding carboxylic acids is 1. The SMILES string of the molecule is COc1ccc(C(C(=O)NCC2CCCO2)C(C)C)cc1OC. The number of rotatable bonds is 7. The third kappa shape index (κ3) is 4.38. The molecule has 128 valence electrons. The van der Waals surface area contributed by atoms with Crippen LogP contribution in [-0.4, -0.2) is 39.4 Å². The Balaban J connectivity index is 2.11. The molecular weight excluding hydrogens is 294 g/mol. The molecule has 1 aliphatic rings. The van der Waals surface area contributed by atoms with Gasteiger partial charge in [0, 0.05) is 13.2 Å². The Kier molecular flexibility index (Phi) is 6.28. The summed E-state index contributed by atoms with van der Waals surface area (Å²) in [6.45, 7) is 5.47. The van der Waals surface area contributed by atoms with E-state index in [-0.39, 0.29) is 23.8 Å². The Labute approximate surface area is 138 Å². The second-order valence-corrected chi connectivity index (χ2v) is 6.22. The molecule has 1 amide bonds. The van der Waals surface area contributed by atoms with E-state index in [1.165, 1.54) is 0 Å². The van der Waals surface area contributed by atoms with E-state index in [4.69, 9.17) is 14.2 Å². The predicted octanol–water partition coefficient (Wildman–Crippen LogP) is 2.74. The Morgan fingerprint density at radius 2 is 2.04 bits per heavy atom.